The van der Waals surface area contributed by atoms with E-state index in [9.17, 15) is 4.79 Å². The van der Waals surface area contributed by atoms with Gasteiger partial charge in [-0.1, -0.05) is 42.5 Å². The number of hydrogen-bond donors (Lipinski definition) is 1. The summed E-state index contributed by atoms with van der Waals surface area (Å²) in [7, 11) is 0. The third kappa shape index (κ3) is 5.82. The first-order valence-corrected chi connectivity index (χ1v) is 12.0. The quantitative estimate of drug-likeness (QED) is 0.370. The van der Waals surface area contributed by atoms with Crippen molar-refractivity contribution in [3.63, 3.8) is 0 Å². The van der Waals surface area contributed by atoms with E-state index in [1.165, 1.54) is 37.0 Å². The highest BCUT2D eigenvalue weighted by Crippen LogP contribution is 2.55. The summed E-state index contributed by atoms with van der Waals surface area (Å²) in [5.74, 6) is 3.43. The number of benzene rings is 1. The Labute approximate surface area is 166 Å². The standard InChI is InChI=1S/C22H30O2S2/c23-22(24)11-7-2-1-6-10-18-19(21-13-12-20(18)26-21)14-15-25-16-17-8-4-3-5-9-17/h1,3-6,8-9,18-21H,2,7,10-16H2,(H,23,24)/t18-,19+,20-,21+/m1/s1. The molecule has 0 saturated carbocycles. The number of aliphatic carboxylic acids is 1. The monoisotopic (exact) mass is 390 g/mol. The molecule has 1 N–H and O–H groups in total. The number of carbonyl (C=O) groups is 1. The number of fused-ring (bicyclic) bond motifs is 2. The maximum atomic E-state index is 10.6. The minimum absolute atomic E-state index is 0.287. The molecule has 26 heavy (non-hydrogen) atoms. The number of carboxylic acids is 1. The molecule has 2 fully saturated rings. The van der Waals surface area contributed by atoms with E-state index < -0.39 is 5.97 Å². The Kier molecular flexibility index (Phi) is 8.00. The summed E-state index contributed by atoms with van der Waals surface area (Å²) in [4.78, 5) is 10.6. The van der Waals surface area contributed by atoms with Crippen molar-refractivity contribution in [3.8, 4) is 0 Å². The minimum Gasteiger partial charge on any atom is -0.481 e. The molecule has 1 aromatic rings. The second-order valence-corrected chi connectivity index (χ2v) is 10.0. The average molecular weight is 391 g/mol. The summed E-state index contributed by atoms with van der Waals surface area (Å²) in [6.45, 7) is 0. The summed E-state index contributed by atoms with van der Waals surface area (Å²) in [5.41, 5.74) is 1.43. The number of rotatable bonds is 11. The van der Waals surface area contributed by atoms with Crippen LogP contribution in [0.25, 0.3) is 0 Å². The lowest BCUT2D eigenvalue weighted by atomic mass is 9.76. The normalized spacial score (nSPS) is 27.4. The second kappa shape index (κ2) is 10.5. The van der Waals surface area contributed by atoms with Crippen LogP contribution < -0.4 is 0 Å². The summed E-state index contributed by atoms with van der Waals surface area (Å²) in [6.07, 6.45) is 11.9. The third-order valence-electron chi connectivity index (χ3n) is 5.63. The van der Waals surface area contributed by atoms with Gasteiger partial charge < -0.3 is 5.11 Å². The van der Waals surface area contributed by atoms with E-state index in [1.54, 1.807) is 0 Å². The molecule has 4 atom stereocenters. The first kappa shape index (κ1) is 19.9. The van der Waals surface area contributed by atoms with Crippen LogP contribution in [0.5, 0.6) is 0 Å². The number of unbranched alkanes of at least 4 members (excludes halogenated alkanes) is 1. The van der Waals surface area contributed by atoms with Crippen LogP contribution >= 0.6 is 23.5 Å². The predicted molar refractivity (Wildman–Crippen MR) is 114 cm³/mol. The number of hydrogen-bond acceptors (Lipinski definition) is 3. The van der Waals surface area contributed by atoms with Crippen LogP contribution in [-0.4, -0.2) is 27.3 Å². The van der Waals surface area contributed by atoms with E-state index in [1.807, 2.05) is 0 Å². The van der Waals surface area contributed by atoms with Crippen molar-refractivity contribution in [3.05, 3.63) is 48.0 Å². The van der Waals surface area contributed by atoms with Gasteiger partial charge in [0.15, 0.2) is 0 Å². The molecule has 142 valence electrons. The van der Waals surface area contributed by atoms with Crippen molar-refractivity contribution in [2.75, 3.05) is 5.75 Å². The van der Waals surface area contributed by atoms with E-state index in [-0.39, 0.29) is 6.42 Å². The molecular weight excluding hydrogens is 360 g/mol. The first-order chi connectivity index (χ1) is 12.7. The zero-order valence-corrected chi connectivity index (χ0v) is 17.0. The maximum Gasteiger partial charge on any atom is 0.303 e. The van der Waals surface area contributed by atoms with E-state index in [4.69, 9.17) is 5.11 Å². The van der Waals surface area contributed by atoms with Crippen molar-refractivity contribution >= 4 is 29.5 Å². The molecule has 2 heterocycles. The van der Waals surface area contributed by atoms with Crippen molar-refractivity contribution in [1.82, 2.24) is 0 Å². The van der Waals surface area contributed by atoms with Crippen LogP contribution in [0.1, 0.15) is 50.5 Å². The smallest absolute Gasteiger partial charge is 0.303 e. The van der Waals surface area contributed by atoms with Gasteiger partial charge in [-0.05, 0) is 61.7 Å². The largest absolute Gasteiger partial charge is 0.481 e. The fourth-order valence-electron chi connectivity index (χ4n) is 4.32. The molecular formula is C22H30O2S2. The Bertz CT molecular complexity index is 587. The minimum atomic E-state index is -0.684. The highest BCUT2D eigenvalue weighted by atomic mass is 32.2. The first-order valence-electron chi connectivity index (χ1n) is 9.88. The van der Waals surface area contributed by atoms with Crippen LogP contribution in [0, 0.1) is 11.8 Å². The topological polar surface area (TPSA) is 37.3 Å². The van der Waals surface area contributed by atoms with Gasteiger partial charge in [-0.2, -0.15) is 23.5 Å². The molecule has 0 aliphatic carbocycles. The van der Waals surface area contributed by atoms with Crippen LogP contribution in [0.3, 0.4) is 0 Å². The van der Waals surface area contributed by atoms with E-state index >= 15 is 0 Å². The Balaban J connectivity index is 1.39. The van der Waals surface area contributed by atoms with Gasteiger partial charge in [-0.3, -0.25) is 4.79 Å². The summed E-state index contributed by atoms with van der Waals surface area (Å²) in [5, 5.41) is 10.5. The molecule has 0 radical (unpaired) electrons. The van der Waals surface area contributed by atoms with Gasteiger partial charge in [0.05, 0.1) is 0 Å². The molecule has 2 saturated heterocycles. The average Bonchev–Trinajstić information content (AvgIpc) is 3.24. The van der Waals surface area contributed by atoms with Gasteiger partial charge in [-0.15, -0.1) is 0 Å². The Morgan fingerprint density at radius 1 is 1.15 bits per heavy atom. The van der Waals surface area contributed by atoms with Crippen molar-refractivity contribution < 1.29 is 9.90 Å². The van der Waals surface area contributed by atoms with Gasteiger partial charge in [0.25, 0.3) is 0 Å². The fourth-order valence-corrected chi connectivity index (χ4v) is 7.38. The fraction of sp³-hybridized carbons (Fsp3) is 0.591. The molecule has 2 aliphatic heterocycles. The molecule has 2 aliphatic rings. The Morgan fingerprint density at radius 2 is 1.92 bits per heavy atom. The molecule has 2 nitrogen and oxygen atoms in total. The van der Waals surface area contributed by atoms with Crippen molar-refractivity contribution in [2.45, 2.75) is 61.2 Å². The lowest BCUT2D eigenvalue weighted by Gasteiger charge is -2.29. The number of allylic oxidation sites excluding steroid dienone is 2. The molecule has 0 aromatic heterocycles. The maximum absolute atomic E-state index is 10.6. The molecule has 0 spiro atoms. The number of thioether (sulfide) groups is 2. The van der Waals surface area contributed by atoms with Crippen molar-refractivity contribution in [2.24, 2.45) is 11.8 Å². The van der Waals surface area contributed by atoms with Gasteiger partial charge in [0.1, 0.15) is 0 Å². The highest BCUT2D eigenvalue weighted by molar-refractivity contribution is 8.01. The highest BCUT2D eigenvalue weighted by Gasteiger charge is 2.46. The van der Waals surface area contributed by atoms with Crippen LogP contribution in [0.2, 0.25) is 0 Å². The van der Waals surface area contributed by atoms with Gasteiger partial charge >= 0.3 is 5.97 Å². The van der Waals surface area contributed by atoms with Gasteiger partial charge in [0.2, 0.25) is 0 Å². The zero-order valence-electron chi connectivity index (χ0n) is 15.4. The number of carboxylic acid groups (broad SMARTS) is 1. The molecule has 0 unspecified atom stereocenters. The lowest BCUT2D eigenvalue weighted by Crippen LogP contribution is -2.27. The molecule has 1 aromatic carbocycles. The second-order valence-electron chi connectivity index (χ2n) is 7.44. The summed E-state index contributed by atoms with van der Waals surface area (Å²) < 4.78 is 0. The Morgan fingerprint density at radius 3 is 2.69 bits per heavy atom. The summed E-state index contributed by atoms with van der Waals surface area (Å²) >= 11 is 4.33. The summed E-state index contributed by atoms with van der Waals surface area (Å²) in [6, 6.07) is 10.8. The lowest BCUT2D eigenvalue weighted by molar-refractivity contribution is -0.137. The molecule has 3 rings (SSSR count). The SMILES string of the molecule is O=C(O)CCCC=CC[C@@H]1[C@H](CCSCc2ccccc2)[C@@H]2CC[C@H]1S2. The molecule has 2 bridgehead atoms. The van der Waals surface area contributed by atoms with E-state index in [0.29, 0.717) is 0 Å². The Hall–Kier alpha value is -0.870. The van der Waals surface area contributed by atoms with Crippen LogP contribution in [0.4, 0.5) is 0 Å². The third-order valence-corrected chi connectivity index (χ3v) is 8.57. The molecule has 0 amide bonds. The van der Waals surface area contributed by atoms with Crippen LogP contribution in [-0.2, 0) is 10.5 Å². The van der Waals surface area contributed by atoms with Crippen molar-refractivity contribution in [1.29, 1.82) is 0 Å². The predicted octanol–water partition coefficient (Wildman–Crippen LogP) is 6.02. The van der Waals surface area contributed by atoms with E-state index in [2.05, 4.69) is 66.0 Å². The van der Waals surface area contributed by atoms with Gasteiger partial charge in [-0.25, -0.2) is 0 Å². The van der Waals surface area contributed by atoms with Gasteiger partial charge in [0, 0.05) is 22.7 Å². The molecule has 4 heteroatoms. The zero-order chi connectivity index (χ0) is 18.2. The van der Waals surface area contributed by atoms with Crippen LogP contribution in [0.15, 0.2) is 42.5 Å². The van der Waals surface area contributed by atoms with E-state index in [0.717, 1.165) is 40.9 Å².